The summed E-state index contributed by atoms with van der Waals surface area (Å²) < 4.78 is 22.5. The van der Waals surface area contributed by atoms with Gasteiger partial charge in [-0.2, -0.15) is 0 Å². The number of allylic oxidation sites excluding steroid dienone is 4. The molecular weight excluding hydrogens is 384 g/mol. The van der Waals surface area contributed by atoms with Gasteiger partial charge in [-0.05, 0) is 50.4 Å². The predicted molar refractivity (Wildman–Crippen MR) is 108 cm³/mol. The van der Waals surface area contributed by atoms with Crippen LogP contribution in [0, 0.1) is 23.7 Å². The molecular formula is C24H32O6. The predicted octanol–water partition coefficient (Wildman–Crippen LogP) is 4.04. The summed E-state index contributed by atoms with van der Waals surface area (Å²) >= 11 is 0. The van der Waals surface area contributed by atoms with E-state index in [1.54, 1.807) is 0 Å². The quantitative estimate of drug-likeness (QED) is 0.438. The van der Waals surface area contributed by atoms with Crippen LogP contribution in [0.5, 0.6) is 0 Å². The van der Waals surface area contributed by atoms with E-state index in [4.69, 9.17) is 18.9 Å². The fourth-order valence-corrected chi connectivity index (χ4v) is 6.29. The second-order valence-electron chi connectivity index (χ2n) is 9.40. The van der Waals surface area contributed by atoms with E-state index in [1.165, 1.54) is 0 Å². The van der Waals surface area contributed by atoms with Gasteiger partial charge in [0.25, 0.3) is 0 Å². The molecule has 6 atom stereocenters. The molecule has 2 spiro atoms. The molecule has 0 aromatic heterocycles. The Bertz CT molecular complexity index is 682. The van der Waals surface area contributed by atoms with Crippen LogP contribution in [0.3, 0.4) is 0 Å². The summed E-state index contributed by atoms with van der Waals surface area (Å²) in [7, 11) is 0. The molecule has 0 bridgehead atoms. The molecule has 6 nitrogen and oxygen atoms in total. The molecule has 0 aromatic rings. The minimum Gasteiger partial charge on any atom is -0.433 e. The average molecular weight is 417 g/mol. The largest absolute Gasteiger partial charge is 0.433 e. The molecule has 0 unspecified atom stereocenters. The standard InChI is InChI=1S/2C12H16O3/c2*13-11-5-7-12(15-11)10-4-2-1-3-9(10)6-8-14-12/h2*1,3,9-10H,2,4-8H2/t2*9-,10-,12+/m10/s1. The highest BCUT2D eigenvalue weighted by Crippen LogP contribution is 2.48. The minimum atomic E-state index is -0.565. The molecule has 4 saturated heterocycles. The normalized spacial score (nSPS) is 44.1. The van der Waals surface area contributed by atoms with E-state index >= 15 is 0 Å². The van der Waals surface area contributed by atoms with Crippen molar-refractivity contribution < 1.29 is 28.5 Å². The van der Waals surface area contributed by atoms with Gasteiger partial charge in [0.2, 0.25) is 11.6 Å². The first-order valence-corrected chi connectivity index (χ1v) is 11.7. The van der Waals surface area contributed by atoms with Gasteiger partial charge < -0.3 is 18.9 Å². The van der Waals surface area contributed by atoms with Crippen LogP contribution in [0.25, 0.3) is 0 Å². The Kier molecular flexibility index (Phi) is 5.48. The summed E-state index contributed by atoms with van der Waals surface area (Å²) in [5.41, 5.74) is 0. The molecule has 4 heterocycles. The van der Waals surface area contributed by atoms with Crippen molar-refractivity contribution >= 4 is 11.9 Å². The van der Waals surface area contributed by atoms with E-state index in [2.05, 4.69) is 24.3 Å². The van der Waals surface area contributed by atoms with Gasteiger partial charge in [-0.15, -0.1) is 0 Å². The summed E-state index contributed by atoms with van der Waals surface area (Å²) in [5.74, 6) is 0.577. The van der Waals surface area contributed by atoms with Crippen molar-refractivity contribution in [1.82, 2.24) is 0 Å². The van der Waals surface area contributed by atoms with Crippen molar-refractivity contribution in [3.05, 3.63) is 24.3 Å². The Balaban J connectivity index is 0.000000128. The number of carbonyl (C=O) groups is 2. The number of fused-ring (bicyclic) bond motifs is 4. The highest BCUT2D eigenvalue weighted by Gasteiger charge is 2.53. The number of hydrogen-bond donors (Lipinski definition) is 0. The van der Waals surface area contributed by atoms with Crippen LogP contribution in [-0.4, -0.2) is 36.7 Å². The van der Waals surface area contributed by atoms with Crippen LogP contribution in [-0.2, 0) is 28.5 Å². The molecule has 0 amide bonds. The van der Waals surface area contributed by atoms with Crippen molar-refractivity contribution in [2.24, 2.45) is 23.7 Å². The van der Waals surface area contributed by atoms with Crippen molar-refractivity contribution in [2.45, 2.75) is 75.8 Å². The Morgan fingerprint density at radius 1 is 0.700 bits per heavy atom. The molecule has 0 aromatic carbocycles. The third-order valence-corrected chi connectivity index (χ3v) is 7.74. The molecule has 4 fully saturated rings. The molecule has 0 saturated carbocycles. The number of rotatable bonds is 0. The first-order valence-electron chi connectivity index (χ1n) is 11.7. The minimum absolute atomic E-state index is 0.0924. The van der Waals surface area contributed by atoms with Gasteiger partial charge in [-0.3, -0.25) is 9.59 Å². The van der Waals surface area contributed by atoms with E-state index in [-0.39, 0.29) is 11.9 Å². The SMILES string of the molecule is O=C1CC[C@@]2(OCC[C@@H]3C=CCC[C@@H]32)O1.O=C1CC[C@]2(OCC[C@H]3C=CCC[C@H]32)O1. The van der Waals surface area contributed by atoms with Crippen molar-refractivity contribution in [1.29, 1.82) is 0 Å². The van der Waals surface area contributed by atoms with Gasteiger partial charge >= 0.3 is 11.9 Å². The van der Waals surface area contributed by atoms with Crippen LogP contribution in [0.1, 0.15) is 64.2 Å². The van der Waals surface area contributed by atoms with Crippen LogP contribution in [0.2, 0.25) is 0 Å². The lowest BCUT2D eigenvalue weighted by Crippen LogP contribution is -2.48. The molecule has 6 heteroatoms. The summed E-state index contributed by atoms with van der Waals surface area (Å²) in [4.78, 5) is 22.5. The van der Waals surface area contributed by atoms with E-state index in [9.17, 15) is 9.59 Å². The lowest BCUT2D eigenvalue weighted by molar-refractivity contribution is -0.265. The lowest BCUT2D eigenvalue weighted by atomic mass is 9.74. The Morgan fingerprint density at radius 3 is 1.57 bits per heavy atom. The zero-order valence-corrected chi connectivity index (χ0v) is 17.6. The highest BCUT2D eigenvalue weighted by atomic mass is 16.7. The second kappa shape index (κ2) is 8.12. The van der Waals surface area contributed by atoms with Crippen molar-refractivity contribution in [2.75, 3.05) is 13.2 Å². The Hall–Kier alpha value is -1.66. The van der Waals surface area contributed by atoms with Crippen LogP contribution in [0.15, 0.2) is 24.3 Å². The molecule has 30 heavy (non-hydrogen) atoms. The van der Waals surface area contributed by atoms with Gasteiger partial charge in [-0.1, -0.05) is 24.3 Å². The first-order chi connectivity index (χ1) is 14.6. The Morgan fingerprint density at radius 2 is 1.17 bits per heavy atom. The van der Waals surface area contributed by atoms with Crippen LogP contribution >= 0.6 is 0 Å². The summed E-state index contributed by atoms with van der Waals surface area (Å²) in [6.07, 6.45) is 18.1. The van der Waals surface area contributed by atoms with Gasteiger partial charge in [0.1, 0.15) is 0 Å². The van der Waals surface area contributed by atoms with E-state index in [0.717, 1.165) is 64.6 Å². The van der Waals surface area contributed by atoms with Gasteiger partial charge in [-0.25, -0.2) is 0 Å². The number of esters is 2. The second-order valence-corrected chi connectivity index (χ2v) is 9.40. The monoisotopic (exact) mass is 416 g/mol. The number of carbonyl (C=O) groups excluding carboxylic acids is 2. The van der Waals surface area contributed by atoms with Crippen molar-refractivity contribution in [3.63, 3.8) is 0 Å². The van der Waals surface area contributed by atoms with E-state index < -0.39 is 11.6 Å². The fraction of sp³-hybridized carbons (Fsp3) is 0.750. The first kappa shape index (κ1) is 20.3. The molecule has 4 aliphatic heterocycles. The van der Waals surface area contributed by atoms with Crippen LogP contribution in [0.4, 0.5) is 0 Å². The highest BCUT2D eigenvalue weighted by molar-refractivity contribution is 5.72. The van der Waals surface area contributed by atoms with Gasteiger partial charge in [0, 0.05) is 24.7 Å². The maximum Gasteiger partial charge on any atom is 0.308 e. The third-order valence-electron chi connectivity index (χ3n) is 7.74. The molecule has 6 aliphatic rings. The average Bonchev–Trinajstić information content (AvgIpc) is 3.33. The zero-order valence-electron chi connectivity index (χ0n) is 17.6. The summed E-state index contributed by atoms with van der Waals surface area (Å²) in [6.45, 7) is 1.44. The fourth-order valence-electron chi connectivity index (χ4n) is 6.29. The molecule has 0 N–H and O–H groups in total. The number of ether oxygens (including phenoxy) is 4. The molecule has 0 radical (unpaired) electrons. The lowest BCUT2D eigenvalue weighted by Gasteiger charge is -2.44. The summed E-state index contributed by atoms with van der Waals surface area (Å²) in [6, 6.07) is 0. The zero-order chi connectivity index (χ0) is 20.6. The van der Waals surface area contributed by atoms with Crippen molar-refractivity contribution in [3.8, 4) is 0 Å². The van der Waals surface area contributed by atoms with E-state index in [0.29, 0.717) is 36.5 Å². The maximum atomic E-state index is 11.3. The number of hydrogen-bond acceptors (Lipinski definition) is 6. The van der Waals surface area contributed by atoms with Crippen LogP contribution < -0.4 is 0 Å². The third kappa shape index (κ3) is 3.62. The topological polar surface area (TPSA) is 71.1 Å². The summed E-state index contributed by atoms with van der Waals surface area (Å²) in [5, 5.41) is 0. The molecule has 2 aliphatic carbocycles. The Labute approximate surface area is 178 Å². The molecule has 164 valence electrons. The van der Waals surface area contributed by atoms with Gasteiger partial charge in [0.15, 0.2) is 0 Å². The molecule has 6 rings (SSSR count). The van der Waals surface area contributed by atoms with E-state index in [1.807, 2.05) is 0 Å². The smallest absolute Gasteiger partial charge is 0.308 e. The van der Waals surface area contributed by atoms with Gasteiger partial charge in [0.05, 0.1) is 26.1 Å². The maximum absolute atomic E-state index is 11.3.